The van der Waals surface area contributed by atoms with E-state index < -0.39 is 6.04 Å². The van der Waals surface area contributed by atoms with Crippen LogP contribution in [0.2, 0.25) is 0 Å². The van der Waals surface area contributed by atoms with Gasteiger partial charge in [0.1, 0.15) is 0 Å². The number of hydrogen-bond donors (Lipinski definition) is 2. The molecule has 0 fully saturated rings. The number of nitrogens with two attached hydrogens (primary N) is 1. The van der Waals surface area contributed by atoms with E-state index in [1.807, 2.05) is 18.2 Å². The minimum absolute atomic E-state index is 0.0934. The fourth-order valence-corrected chi connectivity index (χ4v) is 2.11. The molecule has 0 saturated carbocycles. The number of methoxy groups -OCH3 is 2. The fraction of sp³-hybridized carbons (Fsp3) is 0.562. The first-order chi connectivity index (χ1) is 9.97. The molecule has 1 amide bonds. The topological polar surface area (TPSA) is 73.6 Å². The van der Waals surface area contributed by atoms with Crippen molar-refractivity contribution in [2.45, 2.75) is 32.7 Å². The molecule has 118 valence electrons. The number of carbonyl (C=O) groups is 1. The van der Waals surface area contributed by atoms with Crippen molar-refractivity contribution in [3.63, 3.8) is 0 Å². The molecule has 0 aliphatic carbocycles. The summed E-state index contributed by atoms with van der Waals surface area (Å²) in [4.78, 5) is 11.8. The molecule has 5 nitrogen and oxygen atoms in total. The van der Waals surface area contributed by atoms with Crippen LogP contribution in [0.4, 0.5) is 0 Å². The number of benzene rings is 1. The Kier molecular flexibility index (Phi) is 7.02. The summed E-state index contributed by atoms with van der Waals surface area (Å²) in [6, 6.07) is 5.30. The lowest BCUT2D eigenvalue weighted by Gasteiger charge is -2.14. The maximum Gasteiger partial charge on any atom is 0.236 e. The fourth-order valence-electron chi connectivity index (χ4n) is 2.11. The van der Waals surface area contributed by atoms with E-state index in [1.54, 1.807) is 14.2 Å². The molecule has 3 N–H and O–H groups in total. The summed E-state index contributed by atoms with van der Waals surface area (Å²) >= 11 is 0. The monoisotopic (exact) mass is 294 g/mol. The van der Waals surface area contributed by atoms with E-state index in [0.29, 0.717) is 30.4 Å². The Labute approximate surface area is 126 Å². The molecule has 21 heavy (non-hydrogen) atoms. The van der Waals surface area contributed by atoms with Gasteiger partial charge >= 0.3 is 0 Å². The van der Waals surface area contributed by atoms with E-state index in [2.05, 4.69) is 19.2 Å². The molecule has 0 aliphatic rings. The Bertz CT molecular complexity index is 461. The third-order valence-electron chi connectivity index (χ3n) is 3.22. The highest BCUT2D eigenvalue weighted by molar-refractivity contribution is 5.81. The van der Waals surface area contributed by atoms with Crippen LogP contribution < -0.4 is 20.5 Å². The lowest BCUT2D eigenvalue weighted by molar-refractivity contribution is -0.122. The minimum atomic E-state index is -0.435. The molecule has 1 aromatic carbocycles. The molecule has 1 atom stereocenters. The molecule has 0 spiro atoms. The van der Waals surface area contributed by atoms with Crippen molar-refractivity contribution < 1.29 is 14.3 Å². The normalized spacial score (nSPS) is 12.1. The van der Waals surface area contributed by atoms with Crippen molar-refractivity contribution in [2.24, 2.45) is 11.7 Å². The SMILES string of the molecule is COc1ccc(CCNC(=O)[C@@H](N)CC(C)C)cc1OC. The van der Waals surface area contributed by atoms with Crippen LogP contribution in [0.3, 0.4) is 0 Å². The lowest BCUT2D eigenvalue weighted by Crippen LogP contribution is -2.42. The van der Waals surface area contributed by atoms with Gasteiger partial charge < -0.3 is 20.5 Å². The van der Waals surface area contributed by atoms with Crippen molar-refractivity contribution >= 4 is 5.91 Å². The van der Waals surface area contributed by atoms with Crippen LogP contribution in [-0.4, -0.2) is 32.7 Å². The van der Waals surface area contributed by atoms with Crippen molar-refractivity contribution in [1.29, 1.82) is 0 Å². The van der Waals surface area contributed by atoms with Gasteiger partial charge in [0.15, 0.2) is 11.5 Å². The highest BCUT2D eigenvalue weighted by atomic mass is 16.5. The summed E-state index contributed by atoms with van der Waals surface area (Å²) in [5, 5.41) is 2.87. The van der Waals surface area contributed by atoms with Gasteiger partial charge in [0, 0.05) is 6.54 Å². The summed E-state index contributed by atoms with van der Waals surface area (Å²) in [7, 11) is 3.21. The molecular formula is C16H26N2O3. The van der Waals surface area contributed by atoms with Crippen molar-refractivity contribution in [3.05, 3.63) is 23.8 Å². The Morgan fingerprint density at radius 2 is 1.90 bits per heavy atom. The van der Waals surface area contributed by atoms with E-state index >= 15 is 0 Å². The van der Waals surface area contributed by atoms with Crippen LogP contribution in [0, 0.1) is 5.92 Å². The van der Waals surface area contributed by atoms with Gasteiger partial charge in [-0.05, 0) is 36.5 Å². The number of hydrogen-bond acceptors (Lipinski definition) is 4. The van der Waals surface area contributed by atoms with E-state index in [1.165, 1.54) is 0 Å². The van der Waals surface area contributed by atoms with Crippen molar-refractivity contribution in [3.8, 4) is 11.5 Å². The van der Waals surface area contributed by atoms with Gasteiger partial charge in [-0.1, -0.05) is 19.9 Å². The van der Waals surface area contributed by atoms with Gasteiger partial charge in [0.25, 0.3) is 0 Å². The Morgan fingerprint density at radius 3 is 2.48 bits per heavy atom. The zero-order chi connectivity index (χ0) is 15.8. The first kappa shape index (κ1) is 17.3. The first-order valence-corrected chi connectivity index (χ1v) is 7.22. The maximum atomic E-state index is 11.8. The second-order valence-electron chi connectivity index (χ2n) is 5.47. The van der Waals surface area contributed by atoms with Crippen molar-refractivity contribution in [1.82, 2.24) is 5.32 Å². The molecule has 0 bridgehead atoms. The van der Waals surface area contributed by atoms with Gasteiger partial charge in [0.2, 0.25) is 5.91 Å². The van der Waals surface area contributed by atoms with Crippen LogP contribution in [0.5, 0.6) is 11.5 Å². The average molecular weight is 294 g/mol. The maximum absolute atomic E-state index is 11.8. The van der Waals surface area contributed by atoms with Crippen LogP contribution in [0.15, 0.2) is 18.2 Å². The first-order valence-electron chi connectivity index (χ1n) is 7.22. The van der Waals surface area contributed by atoms with E-state index in [9.17, 15) is 4.79 Å². The van der Waals surface area contributed by atoms with Gasteiger partial charge in [-0.25, -0.2) is 0 Å². The highest BCUT2D eigenvalue weighted by Gasteiger charge is 2.14. The quantitative estimate of drug-likeness (QED) is 0.766. The lowest BCUT2D eigenvalue weighted by atomic mass is 10.0. The Hall–Kier alpha value is -1.75. The predicted molar refractivity (Wildman–Crippen MR) is 83.7 cm³/mol. The van der Waals surface area contributed by atoms with Gasteiger partial charge in [0.05, 0.1) is 20.3 Å². The number of carbonyl (C=O) groups excluding carboxylic acids is 1. The summed E-state index contributed by atoms with van der Waals surface area (Å²) in [5.74, 6) is 1.71. The second-order valence-corrected chi connectivity index (χ2v) is 5.47. The van der Waals surface area contributed by atoms with Gasteiger partial charge in [-0.2, -0.15) is 0 Å². The standard InChI is InChI=1S/C16H26N2O3/c1-11(2)9-13(17)16(19)18-8-7-12-5-6-14(20-3)15(10-12)21-4/h5-6,10-11,13H,7-9,17H2,1-4H3,(H,18,19)/t13-/m0/s1. The highest BCUT2D eigenvalue weighted by Crippen LogP contribution is 2.27. The van der Waals surface area contributed by atoms with Gasteiger partial charge in [-0.15, -0.1) is 0 Å². The number of rotatable bonds is 8. The summed E-state index contributed by atoms with van der Waals surface area (Å²) in [6.07, 6.45) is 1.42. The van der Waals surface area contributed by atoms with Crippen molar-refractivity contribution in [2.75, 3.05) is 20.8 Å². The number of ether oxygens (including phenoxy) is 2. The summed E-state index contributed by atoms with van der Waals surface area (Å²) in [6.45, 7) is 4.66. The average Bonchev–Trinajstić information content (AvgIpc) is 2.46. The molecule has 0 saturated heterocycles. The van der Waals surface area contributed by atoms with E-state index in [-0.39, 0.29) is 5.91 Å². The minimum Gasteiger partial charge on any atom is -0.493 e. The van der Waals surface area contributed by atoms with Crippen LogP contribution in [0.1, 0.15) is 25.8 Å². The molecule has 5 heteroatoms. The zero-order valence-corrected chi connectivity index (χ0v) is 13.3. The molecule has 1 aromatic rings. The molecule has 0 unspecified atom stereocenters. The number of amides is 1. The molecule has 1 rings (SSSR count). The van der Waals surface area contributed by atoms with Crippen LogP contribution in [-0.2, 0) is 11.2 Å². The second kappa shape index (κ2) is 8.52. The third-order valence-corrected chi connectivity index (χ3v) is 3.22. The Balaban J connectivity index is 2.47. The molecule has 0 aliphatic heterocycles. The van der Waals surface area contributed by atoms with Gasteiger partial charge in [-0.3, -0.25) is 4.79 Å². The summed E-state index contributed by atoms with van der Waals surface area (Å²) < 4.78 is 10.4. The molecule has 0 heterocycles. The van der Waals surface area contributed by atoms with E-state index in [0.717, 1.165) is 12.0 Å². The smallest absolute Gasteiger partial charge is 0.236 e. The molecule has 0 radical (unpaired) electrons. The number of nitrogens with one attached hydrogen (secondary N) is 1. The van der Waals surface area contributed by atoms with Crippen LogP contribution in [0.25, 0.3) is 0 Å². The predicted octanol–water partition coefficient (Wildman–Crippen LogP) is 1.74. The largest absolute Gasteiger partial charge is 0.493 e. The van der Waals surface area contributed by atoms with Crippen LogP contribution >= 0.6 is 0 Å². The molecule has 0 aromatic heterocycles. The third kappa shape index (κ3) is 5.63. The summed E-state index contributed by atoms with van der Waals surface area (Å²) in [5.41, 5.74) is 6.91. The molecular weight excluding hydrogens is 268 g/mol. The Morgan fingerprint density at radius 1 is 1.24 bits per heavy atom. The van der Waals surface area contributed by atoms with E-state index in [4.69, 9.17) is 15.2 Å². The zero-order valence-electron chi connectivity index (χ0n) is 13.3.